The smallest absolute Gasteiger partial charge is 0.354 e. The lowest BCUT2D eigenvalue weighted by Crippen LogP contribution is -2.00. The normalized spacial score (nSPS) is 8.86. The van der Waals surface area contributed by atoms with Crippen molar-refractivity contribution in [3.63, 3.8) is 0 Å². The van der Waals surface area contributed by atoms with Crippen LogP contribution in [0, 0.1) is 0 Å². The van der Waals surface area contributed by atoms with E-state index in [1.165, 1.54) is 12.4 Å². The number of aromatic carboxylic acids is 1. The Morgan fingerprint density at radius 3 is 2.86 bits per heavy atom. The number of carbonyl (C=O) groups is 1. The fraction of sp³-hybridized carbons (Fsp3) is 0. The standard InChI is InChI=1S/C8H6N2O2.ClH.H2O/c11-8(12)7-4-6-2-1-3-10(6)5-9-7;;/h1-5H,(H,11,12);1H;1H2. The minimum atomic E-state index is -1.00. The van der Waals surface area contributed by atoms with Gasteiger partial charge >= 0.3 is 5.97 Å². The molecule has 0 aliphatic rings. The predicted octanol–water partition coefficient (Wildman–Crippen LogP) is 0.630. The Bertz CT molecular complexity index is 441. The van der Waals surface area contributed by atoms with Crippen LogP contribution in [-0.2, 0) is 0 Å². The van der Waals surface area contributed by atoms with Gasteiger partial charge in [-0.25, -0.2) is 9.78 Å². The molecule has 5 nitrogen and oxygen atoms in total. The van der Waals surface area contributed by atoms with Crippen molar-refractivity contribution in [2.45, 2.75) is 0 Å². The molecule has 0 aliphatic heterocycles. The topological polar surface area (TPSA) is 86.1 Å². The molecular weight excluding hydrogens is 208 g/mol. The van der Waals surface area contributed by atoms with E-state index in [1.807, 2.05) is 18.3 Å². The first-order valence-corrected chi connectivity index (χ1v) is 3.43. The number of aromatic nitrogens is 2. The zero-order valence-corrected chi connectivity index (χ0v) is 7.86. The lowest BCUT2D eigenvalue weighted by molar-refractivity contribution is 0.0690. The molecule has 2 rings (SSSR count). The van der Waals surface area contributed by atoms with Crippen LogP contribution in [0.15, 0.2) is 30.7 Å². The van der Waals surface area contributed by atoms with E-state index in [1.54, 1.807) is 4.40 Å². The number of nitrogens with zero attached hydrogens (tertiary/aromatic N) is 2. The lowest BCUT2D eigenvalue weighted by atomic mass is 10.3. The van der Waals surface area contributed by atoms with Crippen molar-refractivity contribution in [3.05, 3.63) is 36.4 Å². The minimum Gasteiger partial charge on any atom is -0.477 e. The van der Waals surface area contributed by atoms with E-state index in [-0.39, 0.29) is 23.6 Å². The molecule has 0 bridgehead atoms. The van der Waals surface area contributed by atoms with Crippen LogP contribution in [0.3, 0.4) is 0 Å². The molecule has 0 unspecified atom stereocenters. The lowest BCUT2D eigenvalue weighted by Gasteiger charge is -1.95. The third-order valence-electron chi connectivity index (χ3n) is 1.64. The Hall–Kier alpha value is -1.59. The molecule has 0 saturated carbocycles. The van der Waals surface area contributed by atoms with Gasteiger partial charge in [0.1, 0.15) is 6.33 Å². The van der Waals surface area contributed by atoms with E-state index in [2.05, 4.69) is 4.98 Å². The van der Waals surface area contributed by atoms with Gasteiger partial charge in [-0.15, -0.1) is 12.4 Å². The Morgan fingerprint density at radius 2 is 2.21 bits per heavy atom. The summed E-state index contributed by atoms with van der Waals surface area (Å²) in [6, 6.07) is 5.19. The second-order valence-corrected chi connectivity index (χ2v) is 2.42. The van der Waals surface area contributed by atoms with Crippen LogP contribution in [-0.4, -0.2) is 25.9 Å². The Morgan fingerprint density at radius 1 is 1.50 bits per heavy atom. The average Bonchev–Trinajstić information content (AvgIpc) is 2.49. The number of halogens is 1. The highest BCUT2D eigenvalue weighted by Gasteiger charge is 2.03. The second-order valence-electron chi connectivity index (χ2n) is 2.42. The fourth-order valence-corrected chi connectivity index (χ4v) is 1.05. The van der Waals surface area contributed by atoms with Crippen LogP contribution in [0.2, 0.25) is 0 Å². The fourth-order valence-electron chi connectivity index (χ4n) is 1.05. The van der Waals surface area contributed by atoms with Gasteiger partial charge in [-0.3, -0.25) is 0 Å². The van der Waals surface area contributed by atoms with Crippen LogP contribution in [0.4, 0.5) is 0 Å². The maximum atomic E-state index is 10.5. The first-order valence-electron chi connectivity index (χ1n) is 3.43. The number of hydrogen-bond donors (Lipinski definition) is 1. The van der Waals surface area contributed by atoms with E-state index in [9.17, 15) is 4.79 Å². The van der Waals surface area contributed by atoms with Crippen molar-refractivity contribution < 1.29 is 15.4 Å². The maximum absolute atomic E-state index is 10.5. The molecule has 0 radical (unpaired) electrons. The van der Waals surface area contributed by atoms with Crippen molar-refractivity contribution in [1.29, 1.82) is 0 Å². The van der Waals surface area contributed by atoms with Gasteiger partial charge in [0.2, 0.25) is 0 Å². The first-order chi connectivity index (χ1) is 5.77. The third kappa shape index (κ3) is 2.01. The highest BCUT2D eigenvalue weighted by atomic mass is 35.5. The molecule has 0 atom stereocenters. The maximum Gasteiger partial charge on any atom is 0.354 e. The monoisotopic (exact) mass is 216 g/mol. The van der Waals surface area contributed by atoms with Crippen molar-refractivity contribution in [1.82, 2.24) is 9.38 Å². The summed E-state index contributed by atoms with van der Waals surface area (Å²) in [7, 11) is 0. The molecule has 0 aromatic carbocycles. The van der Waals surface area contributed by atoms with Crippen LogP contribution in [0.25, 0.3) is 5.52 Å². The molecule has 0 spiro atoms. The summed E-state index contributed by atoms with van der Waals surface area (Å²) in [5.41, 5.74) is 0.906. The molecule has 0 amide bonds. The molecule has 3 N–H and O–H groups in total. The number of carboxylic acid groups (broad SMARTS) is 1. The molecular formula is C8H9ClN2O3. The Labute approximate surface area is 85.7 Å². The van der Waals surface area contributed by atoms with Gasteiger partial charge in [-0.05, 0) is 18.2 Å². The van der Waals surface area contributed by atoms with E-state index < -0.39 is 5.97 Å². The first kappa shape index (κ1) is 12.4. The van der Waals surface area contributed by atoms with Crippen LogP contribution >= 0.6 is 12.4 Å². The van der Waals surface area contributed by atoms with Gasteiger partial charge in [-0.2, -0.15) is 0 Å². The van der Waals surface area contributed by atoms with Crippen molar-refractivity contribution in [2.24, 2.45) is 0 Å². The van der Waals surface area contributed by atoms with Gasteiger partial charge in [0.25, 0.3) is 0 Å². The summed E-state index contributed by atoms with van der Waals surface area (Å²) >= 11 is 0. The number of carboxylic acids is 1. The summed E-state index contributed by atoms with van der Waals surface area (Å²) in [5.74, 6) is -1.00. The Kier molecular flexibility index (Phi) is 4.07. The van der Waals surface area contributed by atoms with E-state index in [4.69, 9.17) is 5.11 Å². The SMILES string of the molecule is Cl.O.O=C(O)c1cc2cccn2cn1. The average molecular weight is 217 g/mol. The summed E-state index contributed by atoms with van der Waals surface area (Å²) in [6.45, 7) is 0. The highest BCUT2D eigenvalue weighted by Crippen LogP contribution is 2.04. The highest BCUT2D eigenvalue weighted by molar-refractivity contribution is 5.86. The number of rotatable bonds is 1. The minimum absolute atomic E-state index is 0. The number of fused-ring (bicyclic) bond motifs is 1. The summed E-state index contributed by atoms with van der Waals surface area (Å²) in [6.07, 6.45) is 3.30. The molecule has 0 saturated heterocycles. The van der Waals surface area contributed by atoms with Crippen LogP contribution in [0.1, 0.15) is 10.5 Å². The number of hydrogen-bond acceptors (Lipinski definition) is 2. The van der Waals surface area contributed by atoms with E-state index in [0.717, 1.165) is 5.52 Å². The molecule has 2 aromatic heterocycles. The zero-order chi connectivity index (χ0) is 8.55. The molecule has 0 fully saturated rings. The van der Waals surface area contributed by atoms with Gasteiger partial charge in [0, 0.05) is 11.7 Å². The Balaban J connectivity index is 0.000000845. The van der Waals surface area contributed by atoms with Crippen molar-refractivity contribution in [2.75, 3.05) is 0 Å². The van der Waals surface area contributed by atoms with E-state index >= 15 is 0 Å². The van der Waals surface area contributed by atoms with Crippen molar-refractivity contribution >= 4 is 23.9 Å². The van der Waals surface area contributed by atoms with Crippen LogP contribution < -0.4 is 0 Å². The molecule has 14 heavy (non-hydrogen) atoms. The van der Waals surface area contributed by atoms with Gasteiger partial charge < -0.3 is 15.0 Å². The zero-order valence-electron chi connectivity index (χ0n) is 7.04. The molecule has 76 valence electrons. The quantitative estimate of drug-likeness (QED) is 0.759. The largest absolute Gasteiger partial charge is 0.477 e. The third-order valence-corrected chi connectivity index (χ3v) is 1.64. The van der Waals surface area contributed by atoms with Gasteiger partial charge in [0.15, 0.2) is 5.69 Å². The van der Waals surface area contributed by atoms with Crippen molar-refractivity contribution in [3.8, 4) is 0 Å². The van der Waals surface area contributed by atoms with Gasteiger partial charge in [0.05, 0.1) is 0 Å². The summed E-state index contributed by atoms with van der Waals surface area (Å²) in [4.78, 5) is 14.2. The van der Waals surface area contributed by atoms with Crippen LogP contribution in [0.5, 0.6) is 0 Å². The molecule has 2 aromatic rings. The molecule has 6 heteroatoms. The second kappa shape index (κ2) is 4.59. The predicted molar refractivity (Wildman–Crippen MR) is 53.0 cm³/mol. The van der Waals surface area contributed by atoms with E-state index in [0.29, 0.717) is 0 Å². The summed E-state index contributed by atoms with van der Waals surface area (Å²) < 4.78 is 1.76. The summed E-state index contributed by atoms with van der Waals surface area (Å²) in [5, 5.41) is 8.61. The molecule has 2 heterocycles. The van der Waals surface area contributed by atoms with Gasteiger partial charge in [-0.1, -0.05) is 0 Å². The molecule has 0 aliphatic carbocycles.